The molecule has 0 radical (unpaired) electrons. The Hall–Kier alpha value is -2.38. The second-order valence-corrected chi connectivity index (χ2v) is 9.05. The zero-order valence-electron chi connectivity index (χ0n) is 16.6. The van der Waals surface area contributed by atoms with Gasteiger partial charge < -0.3 is 10.5 Å². The molecule has 2 aromatic rings. The molecule has 0 aromatic heterocycles. The van der Waals surface area contributed by atoms with E-state index in [1.807, 2.05) is 6.92 Å². The van der Waals surface area contributed by atoms with Gasteiger partial charge in [0.05, 0.1) is 5.92 Å². The normalized spacial score (nSPS) is 13.2. The predicted octanol–water partition coefficient (Wildman–Crippen LogP) is 4.41. The molecule has 0 aliphatic heterocycles. The van der Waals surface area contributed by atoms with Crippen molar-refractivity contribution >= 4 is 21.8 Å². The van der Waals surface area contributed by atoms with Crippen molar-refractivity contribution < 1.29 is 22.5 Å². The number of ether oxygens (including phenoxy) is 1. The van der Waals surface area contributed by atoms with Crippen molar-refractivity contribution in [2.45, 2.75) is 57.0 Å². The minimum absolute atomic E-state index is 0.144. The second kappa shape index (κ2) is 8.32. The lowest BCUT2D eigenvalue weighted by atomic mass is 9.89. The average Bonchev–Trinajstić information content (AvgIpc) is 2.58. The van der Waals surface area contributed by atoms with Crippen LogP contribution in [0.25, 0.3) is 11.1 Å². The topological polar surface area (TPSA) is 107 Å². The maximum atomic E-state index is 12.8. The van der Waals surface area contributed by atoms with Crippen molar-refractivity contribution in [1.29, 1.82) is 0 Å². The summed E-state index contributed by atoms with van der Waals surface area (Å²) in [5, 5.41) is 0. The zero-order valence-corrected chi connectivity index (χ0v) is 17.4. The molecule has 0 spiro atoms. The van der Waals surface area contributed by atoms with Crippen molar-refractivity contribution in [2.75, 3.05) is 5.73 Å². The van der Waals surface area contributed by atoms with Crippen molar-refractivity contribution in [3.63, 3.8) is 0 Å². The monoisotopic (exact) mass is 405 g/mol. The number of nitrogens with two attached hydrogens (primary N) is 1. The number of nitrogen functional groups attached to an aromatic ring is 1. The molecule has 3 N–H and O–H groups in total. The number of carbonyl (C=O) groups is 1. The van der Waals surface area contributed by atoms with Gasteiger partial charge in [-0.1, -0.05) is 49.7 Å². The van der Waals surface area contributed by atoms with Crippen LogP contribution in [0.5, 0.6) is 0 Å². The molecular weight excluding hydrogens is 378 g/mol. The third-order valence-corrected chi connectivity index (χ3v) is 5.12. The van der Waals surface area contributed by atoms with Crippen LogP contribution in [0.2, 0.25) is 0 Å². The highest BCUT2D eigenvalue weighted by molar-refractivity contribution is 7.86. The van der Waals surface area contributed by atoms with E-state index in [9.17, 15) is 17.8 Å². The molecule has 0 aliphatic carbocycles. The summed E-state index contributed by atoms with van der Waals surface area (Å²) >= 11 is 0. The molecule has 1 atom stereocenters. The minimum Gasteiger partial charge on any atom is -0.459 e. The van der Waals surface area contributed by atoms with Crippen LogP contribution in [0.4, 0.5) is 5.69 Å². The summed E-state index contributed by atoms with van der Waals surface area (Å²) in [7, 11) is -4.50. The van der Waals surface area contributed by atoms with E-state index in [2.05, 4.69) is 0 Å². The van der Waals surface area contributed by atoms with Gasteiger partial charge in [0, 0.05) is 11.3 Å². The summed E-state index contributed by atoms with van der Waals surface area (Å²) in [5.74, 6) is -1.05. The van der Waals surface area contributed by atoms with Gasteiger partial charge in [-0.2, -0.15) is 8.42 Å². The number of hydrogen-bond acceptors (Lipinski definition) is 5. The van der Waals surface area contributed by atoms with Gasteiger partial charge in [0.15, 0.2) is 0 Å². The van der Waals surface area contributed by atoms with Crippen LogP contribution in [0.1, 0.15) is 52.0 Å². The first kappa shape index (κ1) is 21.9. The smallest absolute Gasteiger partial charge is 0.314 e. The van der Waals surface area contributed by atoms with E-state index in [4.69, 9.17) is 10.5 Å². The molecule has 0 amide bonds. The molecule has 28 heavy (non-hydrogen) atoms. The van der Waals surface area contributed by atoms with Gasteiger partial charge in [0.25, 0.3) is 10.1 Å². The quantitative estimate of drug-likeness (QED) is 0.419. The molecular formula is C21H27NO5S. The summed E-state index contributed by atoms with van der Waals surface area (Å²) in [6.07, 6.45) is 1.21. The van der Waals surface area contributed by atoms with Crippen LogP contribution < -0.4 is 5.73 Å². The number of anilines is 1. The molecule has 0 unspecified atom stereocenters. The van der Waals surface area contributed by atoms with E-state index < -0.39 is 27.6 Å². The Morgan fingerprint density at radius 1 is 1.14 bits per heavy atom. The van der Waals surface area contributed by atoms with Gasteiger partial charge in [-0.25, -0.2) is 0 Å². The number of carbonyl (C=O) groups excluding carboxylic acids is 1. The number of rotatable bonds is 6. The SMILES string of the molecule is CCC[C@H](C(=O)OC(C)(C)C)c1ccc(S(=O)(=O)O)c(-c2ccccc2)c1N. The number of benzene rings is 2. The summed E-state index contributed by atoms with van der Waals surface area (Å²) in [6, 6.07) is 11.4. The molecule has 7 heteroatoms. The Bertz CT molecular complexity index is 947. The first-order valence-electron chi connectivity index (χ1n) is 9.14. The highest BCUT2D eigenvalue weighted by Gasteiger charge is 2.30. The van der Waals surface area contributed by atoms with E-state index in [1.54, 1.807) is 51.1 Å². The van der Waals surface area contributed by atoms with Crippen LogP contribution >= 0.6 is 0 Å². The first-order chi connectivity index (χ1) is 13.0. The molecule has 0 aliphatic rings. The Balaban J connectivity index is 2.69. The average molecular weight is 406 g/mol. The van der Waals surface area contributed by atoms with E-state index in [1.165, 1.54) is 12.1 Å². The second-order valence-electron chi connectivity index (χ2n) is 7.66. The molecule has 0 saturated carbocycles. The lowest BCUT2D eigenvalue weighted by Crippen LogP contribution is -2.28. The zero-order chi connectivity index (χ0) is 21.1. The first-order valence-corrected chi connectivity index (χ1v) is 10.6. The maximum Gasteiger partial charge on any atom is 0.314 e. The fourth-order valence-electron chi connectivity index (χ4n) is 3.10. The van der Waals surface area contributed by atoms with Crippen LogP contribution in [0.3, 0.4) is 0 Å². The van der Waals surface area contributed by atoms with Gasteiger partial charge in [-0.3, -0.25) is 9.35 Å². The maximum absolute atomic E-state index is 12.8. The van der Waals surface area contributed by atoms with Crippen molar-refractivity contribution in [3.8, 4) is 11.1 Å². The third-order valence-electron chi connectivity index (χ3n) is 4.23. The molecule has 2 rings (SSSR count). The molecule has 0 saturated heterocycles. The molecule has 0 heterocycles. The van der Waals surface area contributed by atoms with Gasteiger partial charge in [-0.15, -0.1) is 0 Å². The predicted molar refractivity (Wildman–Crippen MR) is 110 cm³/mol. The van der Waals surface area contributed by atoms with E-state index in [-0.39, 0.29) is 16.1 Å². The van der Waals surface area contributed by atoms with Gasteiger partial charge >= 0.3 is 5.97 Å². The van der Waals surface area contributed by atoms with E-state index >= 15 is 0 Å². The molecule has 152 valence electrons. The van der Waals surface area contributed by atoms with E-state index in [0.29, 0.717) is 24.0 Å². The summed E-state index contributed by atoms with van der Waals surface area (Å²) in [6.45, 7) is 7.30. The fourth-order valence-corrected chi connectivity index (χ4v) is 3.82. The van der Waals surface area contributed by atoms with Crippen LogP contribution in [-0.4, -0.2) is 24.5 Å². The molecule has 0 fully saturated rings. The van der Waals surface area contributed by atoms with Crippen molar-refractivity contribution in [2.24, 2.45) is 0 Å². The number of esters is 1. The molecule has 6 nitrogen and oxygen atoms in total. The van der Waals surface area contributed by atoms with Gasteiger partial charge in [-0.05, 0) is 44.4 Å². The van der Waals surface area contributed by atoms with Crippen LogP contribution in [-0.2, 0) is 19.6 Å². The van der Waals surface area contributed by atoms with Crippen LogP contribution in [0.15, 0.2) is 47.4 Å². The lowest BCUT2D eigenvalue weighted by molar-refractivity contribution is -0.157. The summed E-state index contributed by atoms with van der Waals surface area (Å²) in [5.41, 5.74) is 7.06. The third kappa shape index (κ3) is 5.11. The van der Waals surface area contributed by atoms with Gasteiger partial charge in [0.1, 0.15) is 10.5 Å². The van der Waals surface area contributed by atoms with E-state index in [0.717, 1.165) is 0 Å². The van der Waals surface area contributed by atoms with Crippen molar-refractivity contribution in [1.82, 2.24) is 0 Å². The fraction of sp³-hybridized carbons (Fsp3) is 0.381. The largest absolute Gasteiger partial charge is 0.459 e. The highest BCUT2D eigenvalue weighted by atomic mass is 32.2. The number of hydrogen-bond donors (Lipinski definition) is 2. The Kier molecular flexibility index (Phi) is 6.52. The Labute approximate surface area is 166 Å². The van der Waals surface area contributed by atoms with Crippen molar-refractivity contribution in [3.05, 3.63) is 48.0 Å². The highest BCUT2D eigenvalue weighted by Crippen LogP contribution is 2.39. The minimum atomic E-state index is -4.50. The standard InChI is InChI=1S/C21H27NO5S/c1-5-9-16(20(23)27-21(2,3)4)15-12-13-17(28(24,25)26)18(19(15)22)14-10-7-6-8-11-14/h6-8,10-13,16H,5,9,22H2,1-4H3,(H,24,25,26)/t16-/m0/s1. The summed E-state index contributed by atoms with van der Waals surface area (Å²) < 4.78 is 39.1. The Morgan fingerprint density at radius 3 is 2.25 bits per heavy atom. The Morgan fingerprint density at radius 2 is 1.75 bits per heavy atom. The van der Waals surface area contributed by atoms with Crippen LogP contribution in [0, 0.1) is 0 Å². The van der Waals surface area contributed by atoms with Gasteiger partial charge in [0.2, 0.25) is 0 Å². The molecule has 2 aromatic carbocycles. The molecule has 0 bridgehead atoms. The summed E-state index contributed by atoms with van der Waals surface area (Å²) in [4.78, 5) is 12.5. The lowest BCUT2D eigenvalue weighted by Gasteiger charge is -2.25.